The first-order valence-corrected chi connectivity index (χ1v) is 14.9. The van der Waals surface area contributed by atoms with Crippen molar-refractivity contribution in [1.82, 2.24) is 19.2 Å². The molecule has 1 N–H and O–H groups in total. The first kappa shape index (κ1) is 29.3. The minimum Gasteiger partial charge on any atom is -0.464 e. The lowest BCUT2D eigenvalue weighted by Crippen LogP contribution is -2.44. The van der Waals surface area contributed by atoms with Crippen molar-refractivity contribution in [3.8, 4) is 11.4 Å². The monoisotopic (exact) mass is 585 g/mol. The van der Waals surface area contributed by atoms with Crippen LogP contribution >= 0.6 is 11.3 Å². The number of likely N-dealkylation sites (N-methyl/N-ethyl adjacent to an activating group) is 1. The van der Waals surface area contributed by atoms with Crippen molar-refractivity contribution in [3.63, 3.8) is 0 Å². The molecule has 1 aliphatic carbocycles. The van der Waals surface area contributed by atoms with E-state index in [4.69, 9.17) is 9.47 Å². The molecule has 1 fully saturated rings. The molecule has 12 heteroatoms. The molecule has 0 radical (unpaired) electrons. The maximum atomic E-state index is 13.2. The van der Waals surface area contributed by atoms with Gasteiger partial charge in [0.2, 0.25) is 5.91 Å². The number of morpholine rings is 1. The van der Waals surface area contributed by atoms with Gasteiger partial charge in [0.15, 0.2) is 0 Å². The fourth-order valence-electron chi connectivity index (χ4n) is 5.58. The van der Waals surface area contributed by atoms with Gasteiger partial charge in [-0.3, -0.25) is 9.69 Å². The third kappa shape index (κ3) is 5.91. The summed E-state index contributed by atoms with van der Waals surface area (Å²) >= 11 is 1.38. The Labute approximate surface area is 243 Å². The van der Waals surface area contributed by atoms with Crippen molar-refractivity contribution in [2.24, 2.45) is 5.41 Å². The van der Waals surface area contributed by atoms with Crippen LogP contribution in [0.25, 0.3) is 21.6 Å². The van der Waals surface area contributed by atoms with Crippen LogP contribution in [0.1, 0.15) is 59.2 Å². The van der Waals surface area contributed by atoms with Crippen LogP contribution in [0.2, 0.25) is 0 Å². The molecule has 41 heavy (non-hydrogen) atoms. The van der Waals surface area contributed by atoms with Crippen LogP contribution in [-0.2, 0) is 27.1 Å². The van der Waals surface area contributed by atoms with Gasteiger partial charge < -0.3 is 19.5 Å². The van der Waals surface area contributed by atoms with E-state index < -0.39 is 17.8 Å². The molecule has 0 unspecified atom stereocenters. The summed E-state index contributed by atoms with van der Waals surface area (Å²) in [5, 5.41) is 15.7. The number of hydrogen-bond acceptors (Lipinski definition) is 8. The molecule has 0 spiro atoms. The quantitative estimate of drug-likeness (QED) is 0.441. The van der Waals surface area contributed by atoms with Gasteiger partial charge >= 0.3 is 12.2 Å². The summed E-state index contributed by atoms with van der Waals surface area (Å²) in [5.41, 5.74) is 2.27. The predicted octanol–water partition coefficient (Wildman–Crippen LogP) is 5.08. The first-order chi connectivity index (χ1) is 19.3. The van der Waals surface area contributed by atoms with Gasteiger partial charge in [-0.25, -0.2) is 14.2 Å². The standard InChI is InChI=1S/C29H39N5O6S/c1-7-32(23(35)17-31-10-12-39-13-11-31)24-15-19-22(41-24)14-20(33(19)26(36)37)25-18-8-9-29(5,6)16-21(18)34(30-25)27(38)40-28(2,3)4/h14-15H,7-13,16-17H2,1-6H3,(H,36,37). The van der Waals surface area contributed by atoms with Gasteiger partial charge in [0.05, 0.1) is 41.4 Å². The van der Waals surface area contributed by atoms with E-state index in [1.165, 1.54) is 20.6 Å². The number of nitrogens with zero attached hydrogens (tertiary/aromatic N) is 5. The molecule has 1 aliphatic heterocycles. The third-order valence-corrected chi connectivity index (χ3v) is 8.70. The second kappa shape index (κ2) is 10.9. The highest BCUT2D eigenvalue weighted by Crippen LogP contribution is 2.42. The Morgan fingerprint density at radius 1 is 1.20 bits per heavy atom. The second-order valence-electron chi connectivity index (χ2n) is 12.5. The number of hydrogen-bond donors (Lipinski definition) is 1. The zero-order chi connectivity index (χ0) is 29.7. The molecule has 3 aromatic rings. The van der Waals surface area contributed by atoms with Gasteiger partial charge in [0.1, 0.15) is 16.3 Å². The Morgan fingerprint density at radius 3 is 2.54 bits per heavy atom. The highest BCUT2D eigenvalue weighted by Gasteiger charge is 2.36. The molecule has 11 nitrogen and oxygen atoms in total. The van der Waals surface area contributed by atoms with Crippen molar-refractivity contribution in [3.05, 3.63) is 23.4 Å². The predicted molar refractivity (Wildman–Crippen MR) is 157 cm³/mol. The van der Waals surface area contributed by atoms with E-state index in [0.29, 0.717) is 67.6 Å². The summed E-state index contributed by atoms with van der Waals surface area (Å²) in [6, 6.07) is 3.57. The Bertz CT molecular complexity index is 1490. The topological polar surface area (TPSA) is 119 Å². The number of ether oxygens (including phenoxy) is 2. The van der Waals surface area contributed by atoms with Crippen molar-refractivity contribution in [1.29, 1.82) is 0 Å². The SMILES string of the molecule is CCN(C(=O)CN1CCOCC1)c1cc2c(cc(-c3nn(C(=O)OC(C)(C)C)c4c3CCC(C)(C)C4)n2C(=O)O)s1. The molecule has 4 heterocycles. The number of carbonyl (C=O) groups excluding carboxylic acids is 2. The van der Waals surface area contributed by atoms with Crippen LogP contribution < -0.4 is 4.90 Å². The lowest BCUT2D eigenvalue weighted by molar-refractivity contribution is -0.120. The Kier molecular flexibility index (Phi) is 7.77. The molecule has 0 aromatic carbocycles. The smallest absolute Gasteiger partial charge is 0.435 e. The summed E-state index contributed by atoms with van der Waals surface area (Å²) < 4.78 is 14.3. The second-order valence-corrected chi connectivity index (χ2v) is 13.6. The number of thiophene rings is 1. The lowest BCUT2D eigenvalue weighted by atomic mass is 9.76. The zero-order valence-electron chi connectivity index (χ0n) is 24.7. The molecule has 3 aromatic heterocycles. The van der Waals surface area contributed by atoms with Crippen LogP contribution in [-0.4, -0.2) is 87.4 Å². The number of rotatable bonds is 5. The number of fused-ring (bicyclic) bond motifs is 2. The van der Waals surface area contributed by atoms with Crippen LogP contribution in [0.5, 0.6) is 0 Å². The summed E-state index contributed by atoms with van der Waals surface area (Å²) in [4.78, 5) is 42.8. The van der Waals surface area contributed by atoms with Crippen LogP contribution in [0.15, 0.2) is 12.1 Å². The number of carbonyl (C=O) groups is 3. The summed E-state index contributed by atoms with van der Waals surface area (Å²) in [6.45, 7) is 15.0. The van der Waals surface area contributed by atoms with Crippen molar-refractivity contribution < 1.29 is 29.0 Å². The number of amides is 1. The maximum Gasteiger partial charge on any atom is 0.435 e. The number of aromatic nitrogens is 3. The maximum absolute atomic E-state index is 13.2. The van der Waals surface area contributed by atoms with Gasteiger partial charge in [-0.15, -0.1) is 11.3 Å². The zero-order valence-corrected chi connectivity index (χ0v) is 25.5. The van der Waals surface area contributed by atoms with E-state index in [-0.39, 0.29) is 17.9 Å². The molecule has 222 valence electrons. The summed E-state index contributed by atoms with van der Waals surface area (Å²) in [6.07, 6.45) is 0.448. The van der Waals surface area contributed by atoms with E-state index in [1.807, 2.05) is 6.92 Å². The third-order valence-electron chi connectivity index (χ3n) is 7.61. The molecular weight excluding hydrogens is 546 g/mol. The van der Waals surface area contributed by atoms with Gasteiger partial charge in [-0.2, -0.15) is 9.78 Å². The van der Waals surface area contributed by atoms with Crippen molar-refractivity contribution in [2.75, 3.05) is 44.3 Å². The summed E-state index contributed by atoms with van der Waals surface area (Å²) in [5.74, 6) is -0.0341. The highest BCUT2D eigenvalue weighted by atomic mass is 32.1. The molecule has 2 aliphatic rings. The Hall–Kier alpha value is -3.22. The largest absolute Gasteiger partial charge is 0.464 e. The lowest BCUT2D eigenvalue weighted by Gasteiger charge is -2.30. The van der Waals surface area contributed by atoms with Gasteiger partial charge in [-0.1, -0.05) is 13.8 Å². The molecular formula is C29H39N5O6S. The summed E-state index contributed by atoms with van der Waals surface area (Å²) in [7, 11) is 0. The minimum atomic E-state index is -1.15. The van der Waals surface area contributed by atoms with Crippen molar-refractivity contribution in [2.45, 2.75) is 66.4 Å². The van der Waals surface area contributed by atoms with Gasteiger partial charge in [-0.05, 0) is 64.5 Å². The normalized spacial score (nSPS) is 17.4. The first-order valence-electron chi connectivity index (χ1n) is 14.1. The van der Waals surface area contributed by atoms with Gasteiger partial charge in [0, 0.05) is 25.2 Å². The van der Waals surface area contributed by atoms with E-state index in [2.05, 4.69) is 23.8 Å². The van der Waals surface area contributed by atoms with E-state index >= 15 is 0 Å². The number of anilines is 1. The Balaban J connectivity index is 1.55. The van der Waals surface area contributed by atoms with Crippen LogP contribution in [0.4, 0.5) is 14.6 Å². The average Bonchev–Trinajstić information content (AvgIpc) is 3.53. The highest BCUT2D eigenvalue weighted by molar-refractivity contribution is 7.23. The number of carboxylic acid groups (broad SMARTS) is 1. The molecule has 1 saturated heterocycles. The molecule has 0 bridgehead atoms. The molecule has 5 rings (SSSR count). The van der Waals surface area contributed by atoms with Crippen molar-refractivity contribution >= 4 is 44.6 Å². The van der Waals surface area contributed by atoms with Crippen LogP contribution in [0.3, 0.4) is 0 Å². The van der Waals surface area contributed by atoms with Crippen LogP contribution in [0, 0.1) is 5.41 Å². The van der Waals surface area contributed by atoms with E-state index in [9.17, 15) is 19.5 Å². The molecule has 0 atom stereocenters. The van der Waals surface area contributed by atoms with Gasteiger partial charge in [0.25, 0.3) is 0 Å². The fourth-order valence-corrected chi connectivity index (χ4v) is 6.74. The minimum absolute atomic E-state index is 0.0341. The Morgan fingerprint density at radius 2 is 1.90 bits per heavy atom. The fraction of sp³-hybridized carbons (Fsp3) is 0.586. The average molecular weight is 586 g/mol. The molecule has 0 saturated carbocycles. The van der Waals surface area contributed by atoms with E-state index in [1.54, 1.807) is 37.8 Å². The molecule has 1 amide bonds. The van der Waals surface area contributed by atoms with E-state index in [0.717, 1.165) is 22.4 Å².